The largest absolute Gasteiger partial charge is 0.363 e. The number of hydrogen-bond donors (Lipinski definition) is 0. The van der Waals surface area contributed by atoms with E-state index in [0.29, 0.717) is 39.1 Å². The standard InChI is InChI=1S/C21H35ClN6O2/c1-21(2,14-22)20(30)28-8-7-27(19(29)13-25(3)4)11-16(12-28)9-17-10-18(26(5)6)24-15-23-17/h10,15-16H,7-9,11-14H2,1-6H3. The number of hydrogen-bond acceptors (Lipinski definition) is 6. The van der Waals surface area contributed by atoms with E-state index < -0.39 is 5.41 Å². The zero-order chi connectivity index (χ0) is 22.5. The van der Waals surface area contributed by atoms with Gasteiger partial charge in [-0.3, -0.25) is 9.59 Å². The molecule has 9 heteroatoms. The third-order valence-corrected chi connectivity index (χ3v) is 5.93. The SMILES string of the molecule is CN(C)CC(=O)N1CCN(C(=O)C(C)(C)CCl)CC(Cc2cc(N(C)C)ncn2)C1. The summed E-state index contributed by atoms with van der Waals surface area (Å²) in [5, 5.41) is 0. The van der Waals surface area contributed by atoms with Crippen LogP contribution in [0.3, 0.4) is 0 Å². The minimum absolute atomic E-state index is 0.0288. The molecule has 30 heavy (non-hydrogen) atoms. The minimum Gasteiger partial charge on any atom is -0.363 e. The average Bonchev–Trinajstić information content (AvgIpc) is 2.89. The Morgan fingerprint density at radius 3 is 2.37 bits per heavy atom. The van der Waals surface area contributed by atoms with Crippen LogP contribution in [0.15, 0.2) is 12.4 Å². The van der Waals surface area contributed by atoms with Crippen LogP contribution in [0.5, 0.6) is 0 Å². The quantitative estimate of drug-likeness (QED) is 0.595. The summed E-state index contributed by atoms with van der Waals surface area (Å²) in [5.41, 5.74) is 0.270. The van der Waals surface area contributed by atoms with Crippen molar-refractivity contribution in [3.8, 4) is 0 Å². The van der Waals surface area contributed by atoms with Crippen LogP contribution in [0, 0.1) is 11.3 Å². The van der Waals surface area contributed by atoms with Crippen LogP contribution in [0.2, 0.25) is 0 Å². The van der Waals surface area contributed by atoms with Gasteiger partial charge in [-0.05, 0) is 40.3 Å². The summed E-state index contributed by atoms with van der Waals surface area (Å²) in [6.45, 7) is 6.30. The van der Waals surface area contributed by atoms with E-state index in [9.17, 15) is 9.59 Å². The predicted molar refractivity (Wildman–Crippen MR) is 120 cm³/mol. The zero-order valence-electron chi connectivity index (χ0n) is 19.1. The summed E-state index contributed by atoms with van der Waals surface area (Å²) < 4.78 is 0. The Labute approximate surface area is 185 Å². The number of likely N-dealkylation sites (N-methyl/N-ethyl adjacent to an activating group) is 1. The Kier molecular flexibility index (Phi) is 8.43. The molecule has 0 N–H and O–H groups in total. The van der Waals surface area contributed by atoms with E-state index in [1.54, 1.807) is 6.33 Å². The highest BCUT2D eigenvalue weighted by Gasteiger charge is 2.35. The molecule has 2 rings (SSSR count). The number of carbonyl (C=O) groups is 2. The first-order valence-corrected chi connectivity index (χ1v) is 10.8. The maximum atomic E-state index is 13.1. The Hall–Kier alpha value is -1.93. The van der Waals surface area contributed by atoms with E-state index in [1.807, 2.05) is 67.7 Å². The Morgan fingerprint density at radius 1 is 1.13 bits per heavy atom. The number of carbonyl (C=O) groups excluding carboxylic acids is 2. The van der Waals surface area contributed by atoms with E-state index in [4.69, 9.17) is 11.6 Å². The van der Waals surface area contributed by atoms with E-state index in [2.05, 4.69) is 9.97 Å². The van der Waals surface area contributed by atoms with E-state index in [-0.39, 0.29) is 23.6 Å². The molecule has 0 radical (unpaired) electrons. The zero-order valence-corrected chi connectivity index (χ0v) is 19.8. The molecule has 8 nitrogen and oxygen atoms in total. The van der Waals surface area contributed by atoms with Crippen molar-refractivity contribution >= 4 is 29.2 Å². The van der Waals surface area contributed by atoms with Crippen molar-refractivity contribution in [3.05, 3.63) is 18.1 Å². The summed E-state index contributed by atoms with van der Waals surface area (Å²) in [4.78, 5) is 42.1. The normalized spacial score (nSPS) is 17.8. The molecule has 1 aromatic rings. The number of halogens is 1. The molecular formula is C21H35ClN6O2. The summed E-state index contributed by atoms with van der Waals surface area (Å²) in [6, 6.07) is 1.96. The highest BCUT2D eigenvalue weighted by Crippen LogP contribution is 2.24. The van der Waals surface area contributed by atoms with Gasteiger partial charge in [0.25, 0.3) is 0 Å². The van der Waals surface area contributed by atoms with Gasteiger partial charge in [0, 0.05) is 57.9 Å². The van der Waals surface area contributed by atoms with Gasteiger partial charge in [0.1, 0.15) is 12.1 Å². The predicted octanol–water partition coefficient (Wildman–Crippen LogP) is 1.20. The molecule has 1 aliphatic rings. The van der Waals surface area contributed by atoms with E-state index >= 15 is 0 Å². The number of aromatic nitrogens is 2. The lowest BCUT2D eigenvalue weighted by atomic mass is 9.93. The summed E-state index contributed by atoms with van der Waals surface area (Å²) in [7, 11) is 7.65. The van der Waals surface area contributed by atoms with Crippen LogP contribution in [0.1, 0.15) is 19.5 Å². The summed E-state index contributed by atoms with van der Waals surface area (Å²) >= 11 is 6.06. The first kappa shape index (κ1) is 24.3. The van der Waals surface area contributed by atoms with Crippen LogP contribution in [0.4, 0.5) is 5.82 Å². The van der Waals surface area contributed by atoms with Crippen molar-refractivity contribution < 1.29 is 9.59 Å². The fraction of sp³-hybridized carbons (Fsp3) is 0.714. The second-order valence-corrected chi connectivity index (χ2v) is 9.45. The molecule has 168 valence electrons. The highest BCUT2D eigenvalue weighted by molar-refractivity contribution is 6.19. The van der Waals surface area contributed by atoms with Gasteiger partial charge in [-0.25, -0.2) is 9.97 Å². The maximum absolute atomic E-state index is 13.1. The first-order valence-electron chi connectivity index (χ1n) is 10.3. The molecule has 0 aliphatic carbocycles. The van der Waals surface area contributed by atoms with E-state index in [1.165, 1.54) is 0 Å². The molecule has 1 atom stereocenters. The van der Waals surface area contributed by atoms with Crippen molar-refractivity contribution in [1.29, 1.82) is 0 Å². The number of amides is 2. The van der Waals surface area contributed by atoms with Gasteiger partial charge in [0.05, 0.1) is 12.0 Å². The second-order valence-electron chi connectivity index (χ2n) is 9.18. The highest BCUT2D eigenvalue weighted by atomic mass is 35.5. The summed E-state index contributed by atoms with van der Waals surface area (Å²) in [5.74, 6) is 1.28. The second kappa shape index (κ2) is 10.4. The Bertz CT molecular complexity index is 740. The smallest absolute Gasteiger partial charge is 0.236 e. The molecule has 0 bridgehead atoms. The molecule has 1 fully saturated rings. The molecule has 0 aromatic carbocycles. The lowest BCUT2D eigenvalue weighted by molar-refractivity contribution is -0.140. The molecule has 2 heterocycles. The average molecular weight is 439 g/mol. The Balaban J connectivity index is 2.25. The number of anilines is 1. The van der Waals surface area contributed by atoms with Crippen LogP contribution >= 0.6 is 11.6 Å². The van der Waals surface area contributed by atoms with Gasteiger partial charge >= 0.3 is 0 Å². The number of rotatable bonds is 7. The number of nitrogens with zero attached hydrogens (tertiary/aromatic N) is 6. The molecule has 1 aromatic heterocycles. The van der Waals surface area contributed by atoms with Crippen LogP contribution in [-0.2, 0) is 16.0 Å². The third-order valence-electron chi connectivity index (χ3n) is 5.27. The van der Waals surface area contributed by atoms with Gasteiger partial charge in [0.2, 0.25) is 11.8 Å². The maximum Gasteiger partial charge on any atom is 0.236 e. The van der Waals surface area contributed by atoms with Crippen molar-refractivity contribution in [3.63, 3.8) is 0 Å². The van der Waals surface area contributed by atoms with Crippen molar-refractivity contribution in [2.24, 2.45) is 11.3 Å². The van der Waals surface area contributed by atoms with Crippen molar-refractivity contribution in [2.45, 2.75) is 20.3 Å². The molecular weight excluding hydrogens is 404 g/mol. The van der Waals surface area contributed by atoms with Crippen molar-refractivity contribution in [1.82, 2.24) is 24.7 Å². The van der Waals surface area contributed by atoms with Gasteiger partial charge in [0.15, 0.2) is 0 Å². The monoisotopic (exact) mass is 438 g/mol. The third kappa shape index (κ3) is 6.54. The molecule has 0 spiro atoms. The van der Waals surface area contributed by atoms with Crippen LogP contribution < -0.4 is 4.90 Å². The first-order chi connectivity index (χ1) is 14.0. The van der Waals surface area contributed by atoms with E-state index in [0.717, 1.165) is 11.5 Å². The topological polar surface area (TPSA) is 72.9 Å². The fourth-order valence-corrected chi connectivity index (χ4v) is 3.65. The molecule has 1 saturated heterocycles. The number of alkyl halides is 1. The van der Waals surface area contributed by atoms with Gasteiger partial charge < -0.3 is 19.6 Å². The minimum atomic E-state index is -0.637. The van der Waals surface area contributed by atoms with Crippen molar-refractivity contribution in [2.75, 3.05) is 71.7 Å². The van der Waals surface area contributed by atoms with Crippen LogP contribution in [-0.4, -0.2) is 103 Å². The van der Waals surface area contributed by atoms with Crippen LogP contribution in [0.25, 0.3) is 0 Å². The fourth-order valence-electron chi connectivity index (χ4n) is 3.54. The van der Waals surface area contributed by atoms with Gasteiger partial charge in [-0.2, -0.15) is 0 Å². The molecule has 1 unspecified atom stereocenters. The summed E-state index contributed by atoms with van der Waals surface area (Å²) in [6.07, 6.45) is 2.23. The molecule has 1 aliphatic heterocycles. The van der Waals surface area contributed by atoms with Gasteiger partial charge in [-0.15, -0.1) is 11.6 Å². The van der Waals surface area contributed by atoms with Gasteiger partial charge in [-0.1, -0.05) is 0 Å². The lowest BCUT2D eigenvalue weighted by Crippen LogP contribution is -2.45. The molecule has 0 saturated carbocycles. The molecule has 2 amide bonds. The lowest BCUT2D eigenvalue weighted by Gasteiger charge is -2.31. The Morgan fingerprint density at radius 2 is 1.77 bits per heavy atom.